The lowest BCUT2D eigenvalue weighted by Crippen LogP contribution is -2.19. The number of nitrogens with zero attached hydrogens (tertiary/aromatic N) is 2. The molecule has 3 rings (SSSR count). The average Bonchev–Trinajstić information content (AvgIpc) is 3.08. The molecule has 1 heterocycles. The predicted molar refractivity (Wildman–Crippen MR) is 101 cm³/mol. The maximum atomic E-state index is 13.2. The first-order valence-corrected chi connectivity index (χ1v) is 10.3. The number of alkyl halides is 3. The van der Waals surface area contributed by atoms with E-state index in [1.54, 1.807) is 0 Å². The zero-order valence-corrected chi connectivity index (χ0v) is 16.4. The lowest BCUT2D eigenvalue weighted by atomic mass is 10.1. The van der Waals surface area contributed by atoms with Crippen LogP contribution in [-0.4, -0.2) is 18.3 Å². The summed E-state index contributed by atoms with van der Waals surface area (Å²) in [7, 11) is -4.62. The van der Waals surface area contributed by atoms with Crippen LogP contribution in [0.25, 0.3) is 11.3 Å². The molecule has 0 aliphatic rings. The number of sulfonamides is 1. The molecular weight excluding hydrogens is 455 g/mol. The van der Waals surface area contributed by atoms with Crippen molar-refractivity contribution in [3.63, 3.8) is 0 Å². The van der Waals surface area contributed by atoms with Crippen LogP contribution in [0.4, 0.5) is 24.0 Å². The summed E-state index contributed by atoms with van der Waals surface area (Å²) in [6, 6.07) is 7.78. The summed E-state index contributed by atoms with van der Waals surface area (Å²) in [6.07, 6.45) is -4.94. The Morgan fingerprint density at radius 2 is 1.90 bits per heavy atom. The van der Waals surface area contributed by atoms with Gasteiger partial charge < -0.3 is 0 Å². The van der Waals surface area contributed by atoms with Gasteiger partial charge in [0.2, 0.25) is 0 Å². The molecule has 13 heteroatoms. The average molecular weight is 464 g/mol. The number of nitro benzene ring substituents is 1. The Hall–Kier alpha value is -2.70. The van der Waals surface area contributed by atoms with Crippen molar-refractivity contribution in [2.75, 3.05) is 4.72 Å². The highest BCUT2D eigenvalue weighted by Crippen LogP contribution is 2.37. The molecule has 2 aromatic carbocycles. The Morgan fingerprint density at radius 3 is 2.55 bits per heavy atom. The third kappa shape index (κ3) is 4.66. The van der Waals surface area contributed by atoms with Crippen molar-refractivity contribution in [1.82, 2.24) is 4.98 Å². The second kappa shape index (κ2) is 7.61. The summed E-state index contributed by atoms with van der Waals surface area (Å²) in [5, 5.41) is 11.8. The van der Waals surface area contributed by atoms with Gasteiger partial charge in [0.1, 0.15) is 0 Å². The molecule has 0 aliphatic heterocycles. The number of rotatable bonds is 5. The fraction of sp³-hybridized carbons (Fsp3) is 0.0625. The van der Waals surface area contributed by atoms with Gasteiger partial charge in [-0.25, -0.2) is 13.4 Å². The van der Waals surface area contributed by atoms with E-state index in [4.69, 9.17) is 11.6 Å². The van der Waals surface area contributed by atoms with Crippen molar-refractivity contribution in [3.8, 4) is 11.3 Å². The quantitative estimate of drug-likeness (QED) is 0.414. The number of hydrogen-bond donors (Lipinski definition) is 1. The number of thiazole rings is 1. The topological polar surface area (TPSA) is 102 Å². The van der Waals surface area contributed by atoms with Crippen molar-refractivity contribution in [2.24, 2.45) is 0 Å². The van der Waals surface area contributed by atoms with E-state index in [1.165, 1.54) is 29.6 Å². The van der Waals surface area contributed by atoms with Crippen molar-refractivity contribution < 1.29 is 26.5 Å². The Kier molecular flexibility index (Phi) is 5.52. The second-order valence-corrected chi connectivity index (χ2v) is 8.53. The van der Waals surface area contributed by atoms with E-state index in [9.17, 15) is 31.7 Å². The van der Waals surface area contributed by atoms with Gasteiger partial charge in [-0.1, -0.05) is 23.7 Å². The first-order chi connectivity index (χ1) is 13.5. The summed E-state index contributed by atoms with van der Waals surface area (Å²) in [5.74, 6) is 0. The first kappa shape index (κ1) is 21.0. The Morgan fingerprint density at radius 1 is 1.17 bits per heavy atom. The largest absolute Gasteiger partial charge is 0.417 e. The molecule has 0 atom stereocenters. The molecule has 3 aromatic rings. The maximum Gasteiger partial charge on any atom is 0.417 e. The number of anilines is 1. The van der Waals surface area contributed by atoms with Crippen LogP contribution in [0.3, 0.4) is 0 Å². The molecule has 0 saturated heterocycles. The van der Waals surface area contributed by atoms with Crippen LogP contribution >= 0.6 is 22.9 Å². The highest BCUT2D eigenvalue weighted by atomic mass is 35.5. The highest BCUT2D eigenvalue weighted by molar-refractivity contribution is 7.93. The number of nitro groups is 1. The van der Waals surface area contributed by atoms with Gasteiger partial charge in [-0.15, -0.1) is 11.3 Å². The number of nitrogens with one attached hydrogen (secondary N) is 1. The van der Waals surface area contributed by atoms with E-state index in [2.05, 4.69) is 4.98 Å². The fourth-order valence-electron chi connectivity index (χ4n) is 2.36. The number of benzene rings is 2. The van der Waals surface area contributed by atoms with E-state index in [-0.39, 0.29) is 21.5 Å². The smallest absolute Gasteiger partial charge is 0.258 e. The van der Waals surface area contributed by atoms with Crippen LogP contribution in [0, 0.1) is 10.1 Å². The molecule has 0 amide bonds. The van der Waals surface area contributed by atoms with Gasteiger partial charge in [0.05, 0.1) is 21.1 Å². The van der Waals surface area contributed by atoms with E-state index >= 15 is 0 Å². The number of non-ortho nitro benzene ring substituents is 1. The Labute approximate surface area is 171 Å². The third-order valence-electron chi connectivity index (χ3n) is 3.62. The van der Waals surface area contributed by atoms with Crippen LogP contribution in [0.15, 0.2) is 52.7 Å². The zero-order valence-electron chi connectivity index (χ0n) is 14.0. The van der Waals surface area contributed by atoms with Gasteiger partial charge >= 0.3 is 6.18 Å². The van der Waals surface area contributed by atoms with Crippen molar-refractivity contribution in [1.29, 1.82) is 0 Å². The minimum Gasteiger partial charge on any atom is -0.258 e. The molecule has 29 heavy (non-hydrogen) atoms. The van der Waals surface area contributed by atoms with Crippen LogP contribution < -0.4 is 4.72 Å². The molecular formula is C16H9ClF3N3O4S2. The molecule has 7 nitrogen and oxygen atoms in total. The molecule has 0 spiro atoms. The third-order valence-corrected chi connectivity index (χ3v) is 6.13. The summed E-state index contributed by atoms with van der Waals surface area (Å²) in [6.45, 7) is 0. The van der Waals surface area contributed by atoms with Crippen LogP contribution in [0.5, 0.6) is 0 Å². The van der Waals surface area contributed by atoms with E-state index in [0.29, 0.717) is 11.6 Å². The van der Waals surface area contributed by atoms with Gasteiger partial charge in [-0.2, -0.15) is 13.2 Å². The van der Waals surface area contributed by atoms with Gasteiger partial charge in [0, 0.05) is 28.1 Å². The first-order valence-electron chi connectivity index (χ1n) is 7.57. The zero-order chi connectivity index (χ0) is 21.4. The van der Waals surface area contributed by atoms with Crippen LogP contribution in [0.1, 0.15) is 5.56 Å². The molecule has 0 radical (unpaired) electrons. The van der Waals surface area contributed by atoms with E-state index < -0.39 is 31.6 Å². The van der Waals surface area contributed by atoms with Crippen molar-refractivity contribution in [3.05, 3.63) is 68.5 Å². The summed E-state index contributed by atoms with van der Waals surface area (Å²) in [4.78, 5) is 13.3. The minimum absolute atomic E-state index is 0.186. The van der Waals surface area contributed by atoms with Gasteiger partial charge in [0.15, 0.2) is 5.13 Å². The SMILES string of the molecule is O=[N+]([O-])c1cccc(-c2csc(NS(=O)(=O)c3ccc(Cl)cc3C(F)(F)F)n2)c1. The van der Waals surface area contributed by atoms with Gasteiger partial charge in [-0.3, -0.25) is 14.8 Å². The molecule has 1 aromatic heterocycles. The number of aromatic nitrogens is 1. The van der Waals surface area contributed by atoms with Crippen LogP contribution in [-0.2, 0) is 16.2 Å². The monoisotopic (exact) mass is 463 g/mol. The number of hydrogen-bond acceptors (Lipinski definition) is 6. The van der Waals surface area contributed by atoms with Crippen molar-refractivity contribution >= 4 is 43.8 Å². The summed E-state index contributed by atoms with van der Waals surface area (Å²) >= 11 is 6.38. The second-order valence-electron chi connectivity index (χ2n) is 5.59. The molecule has 0 bridgehead atoms. The van der Waals surface area contributed by atoms with Crippen molar-refractivity contribution in [2.45, 2.75) is 11.1 Å². The number of halogens is 4. The maximum absolute atomic E-state index is 13.2. The Bertz CT molecular complexity index is 1200. The molecule has 0 unspecified atom stereocenters. The van der Waals surface area contributed by atoms with E-state index in [0.717, 1.165) is 23.5 Å². The van der Waals surface area contributed by atoms with E-state index in [1.807, 2.05) is 4.72 Å². The fourth-order valence-corrected chi connectivity index (χ4v) is 4.71. The lowest BCUT2D eigenvalue weighted by molar-refractivity contribution is -0.384. The van der Waals surface area contributed by atoms with Gasteiger partial charge in [0.25, 0.3) is 15.7 Å². The molecule has 0 aliphatic carbocycles. The predicted octanol–water partition coefficient (Wildman–Crippen LogP) is 5.19. The molecule has 0 fully saturated rings. The summed E-state index contributed by atoms with van der Waals surface area (Å²) < 4.78 is 66.6. The molecule has 1 N–H and O–H groups in total. The van der Waals surface area contributed by atoms with Gasteiger partial charge in [-0.05, 0) is 18.2 Å². The molecule has 152 valence electrons. The summed E-state index contributed by atoms with van der Waals surface area (Å²) in [5.41, 5.74) is -1.02. The Balaban J connectivity index is 1.94. The highest BCUT2D eigenvalue weighted by Gasteiger charge is 2.37. The lowest BCUT2D eigenvalue weighted by Gasteiger charge is -2.13. The van der Waals surface area contributed by atoms with Crippen LogP contribution in [0.2, 0.25) is 5.02 Å². The molecule has 0 saturated carbocycles. The standard InChI is InChI=1S/C16H9ClF3N3O4S2/c17-10-4-5-14(12(7-10)16(18,19)20)29(26,27)22-15-21-13(8-28-15)9-2-1-3-11(6-9)23(24)25/h1-8H,(H,21,22). The normalized spacial score (nSPS) is 12.0. The minimum atomic E-state index is -4.94.